The Morgan fingerprint density at radius 2 is 2.33 bits per heavy atom. The summed E-state index contributed by atoms with van der Waals surface area (Å²) >= 11 is 1.80. The zero-order valence-electron chi connectivity index (χ0n) is 7.88. The summed E-state index contributed by atoms with van der Waals surface area (Å²) in [6.45, 7) is 1.89. The van der Waals surface area contributed by atoms with Crippen LogP contribution in [0, 0.1) is 20.7 Å². The third kappa shape index (κ3) is 2.65. The smallest absolute Gasteiger partial charge is 0.340 e. The van der Waals surface area contributed by atoms with Crippen LogP contribution in [0.5, 0.6) is 0 Å². The number of carbonyl (C=O) groups is 1. The number of rotatable bonds is 2. The van der Waals surface area contributed by atoms with Crippen LogP contribution in [0.3, 0.4) is 0 Å². The van der Waals surface area contributed by atoms with E-state index in [1.807, 2.05) is 0 Å². The first-order valence-corrected chi connectivity index (χ1v) is 5.24. The molecule has 0 aliphatic carbocycles. The van der Waals surface area contributed by atoms with Crippen LogP contribution in [0.2, 0.25) is 0 Å². The van der Waals surface area contributed by atoms with E-state index in [0.29, 0.717) is 3.57 Å². The number of hydrogen-bond acceptors (Lipinski definition) is 3. The van der Waals surface area contributed by atoms with Gasteiger partial charge < -0.3 is 4.74 Å². The molecule has 0 spiro atoms. The second-order valence-electron chi connectivity index (χ2n) is 2.64. The van der Waals surface area contributed by atoms with Crippen LogP contribution in [0.4, 0.5) is 4.39 Å². The SMILES string of the molecule is CCOC(=O)c1c(I)cc(F)cc1C#N. The van der Waals surface area contributed by atoms with E-state index >= 15 is 0 Å². The molecule has 0 amide bonds. The second-order valence-corrected chi connectivity index (χ2v) is 3.80. The molecule has 0 radical (unpaired) electrons. The molecule has 1 rings (SSSR count). The molecule has 5 heteroatoms. The molecule has 0 aliphatic rings. The van der Waals surface area contributed by atoms with Crippen molar-refractivity contribution in [2.45, 2.75) is 6.92 Å². The Hall–Kier alpha value is -1.16. The molecule has 1 aromatic carbocycles. The highest BCUT2D eigenvalue weighted by atomic mass is 127. The Morgan fingerprint density at radius 1 is 1.67 bits per heavy atom. The first kappa shape index (κ1) is 11.9. The number of carbonyl (C=O) groups excluding carboxylic acids is 1. The number of esters is 1. The molecule has 1 aromatic rings. The number of ether oxygens (including phenoxy) is 1. The summed E-state index contributed by atoms with van der Waals surface area (Å²) in [6.07, 6.45) is 0. The van der Waals surface area contributed by atoms with Crippen LogP contribution in [0.25, 0.3) is 0 Å². The third-order valence-electron chi connectivity index (χ3n) is 1.66. The first-order valence-electron chi connectivity index (χ1n) is 4.16. The van der Waals surface area contributed by atoms with Crippen LogP contribution in [-0.2, 0) is 4.74 Å². The third-order valence-corrected chi connectivity index (χ3v) is 2.51. The Bertz CT molecular complexity index is 440. The fourth-order valence-corrected chi connectivity index (χ4v) is 1.88. The van der Waals surface area contributed by atoms with Gasteiger partial charge in [0.05, 0.1) is 17.7 Å². The molecular weight excluding hydrogens is 312 g/mol. The van der Waals surface area contributed by atoms with E-state index in [1.54, 1.807) is 35.6 Å². The average molecular weight is 319 g/mol. The van der Waals surface area contributed by atoms with Crippen molar-refractivity contribution >= 4 is 28.6 Å². The topological polar surface area (TPSA) is 50.1 Å². The van der Waals surface area contributed by atoms with E-state index < -0.39 is 11.8 Å². The van der Waals surface area contributed by atoms with Crippen LogP contribution in [0.1, 0.15) is 22.8 Å². The summed E-state index contributed by atoms with van der Waals surface area (Å²) in [7, 11) is 0. The molecule has 0 bridgehead atoms. The van der Waals surface area contributed by atoms with Gasteiger partial charge in [0.2, 0.25) is 0 Å². The number of hydrogen-bond donors (Lipinski definition) is 0. The van der Waals surface area contributed by atoms with Crippen molar-refractivity contribution in [3.63, 3.8) is 0 Å². The molecule has 0 heterocycles. The fraction of sp³-hybridized carbons (Fsp3) is 0.200. The van der Waals surface area contributed by atoms with Crippen LogP contribution in [-0.4, -0.2) is 12.6 Å². The zero-order valence-corrected chi connectivity index (χ0v) is 10.0. The van der Waals surface area contributed by atoms with Gasteiger partial charge in [-0.25, -0.2) is 9.18 Å². The van der Waals surface area contributed by atoms with Crippen molar-refractivity contribution in [2.75, 3.05) is 6.61 Å². The van der Waals surface area contributed by atoms with Gasteiger partial charge in [-0.1, -0.05) is 0 Å². The van der Waals surface area contributed by atoms with E-state index in [-0.39, 0.29) is 17.7 Å². The summed E-state index contributed by atoms with van der Waals surface area (Å²) in [4.78, 5) is 11.5. The molecule has 0 unspecified atom stereocenters. The van der Waals surface area contributed by atoms with Gasteiger partial charge >= 0.3 is 5.97 Å². The minimum Gasteiger partial charge on any atom is -0.462 e. The molecule has 0 saturated heterocycles. The summed E-state index contributed by atoms with van der Waals surface area (Å²) in [5.41, 5.74) is 0.124. The average Bonchev–Trinajstić information content (AvgIpc) is 2.16. The molecule has 0 aromatic heterocycles. The fourth-order valence-electron chi connectivity index (χ4n) is 1.07. The molecule has 3 nitrogen and oxygen atoms in total. The molecule has 0 fully saturated rings. The van der Waals surface area contributed by atoms with Gasteiger partial charge in [0.15, 0.2) is 0 Å². The van der Waals surface area contributed by atoms with Crippen LogP contribution < -0.4 is 0 Å². The van der Waals surface area contributed by atoms with Gasteiger partial charge in [0, 0.05) is 3.57 Å². The quantitative estimate of drug-likeness (QED) is 0.622. The number of nitriles is 1. The maximum atomic E-state index is 12.9. The highest BCUT2D eigenvalue weighted by molar-refractivity contribution is 14.1. The molecule has 0 saturated carbocycles. The van der Waals surface area contributed by atoms with Gasteiger partial charge in [0.25, 0.3) is 0 Å². The Balaban J connectivity index is 3.28. The lowest BCUT2D eigenvalue weighted by atomic mass is 10.1. The first-order chi connectivity index (χ1) is 7.10. The standard InChI is InChI=1S/C10H7FINO2/c1-2-15-10(14)9-6(5-13)3-7(11)4-8(9)12/h3-4H,2H2,1H3. The van der Waals surface area contributed by atoms with Crippen molar-refractivity contribution in [3.05, 3.63) is 32.6 Å². The van der Waals surface area contributed by atoms with E-state index in [1.165, 1.54) is 6.07 Å². The molecule has 15 heavy (non-hydrogen) atoms. The van der Waals surface area contributed by atoms with Gasteiger partial charge in [-0.2, -0.15) is 5.26 Å². The van der Waals surface area contributed by atoms with Crippen molar-refractivity contribution in [1.82, 2.24) is 0 Å². The van der Waals surface area contributed by atoms with Gasteiger partial charge in [0.1, 0.15) is 11.9 Å². The number of halogens is 2. The maximum absolute atomic E-state index is 12.9. The van der Waals surface area contributed by atoms with Gasteiger partial charge in [-0.15, -0.1) is 0 Å². The normalized spacial score (nSPS) is 9.47. The minimum atomic E-state index is -0.599. The van der Waals surface area contributed by atoms with Crippen molar-refractivity contribution in [3.8, 4) is 6.07 Å². The van der Waals surface area contributed by atoms with E-state index in [9.17, 15) is 9.18 Å². The van der Waals surface area contributed by atoms with E-state index in [4.69, 9.17) is 10.00 Å². The summed E-state index contributed by atoms with van der Waals surface area (Å²) < 4.78 is 18.1. The van der Waals surface area contributed by atoms with Crippen LogP contribution in [0.15, 0.2) is 12.1 Å². The van der Waals surface area contributed by atoms with E-state index in [0.717, 1.165) is 6.07 Å². The minimum absolute atomic E-state index is 0.00199. The lowest BCUT2D eigenvalue weighted by Gasteiger charge is -2.06. The summed E-state index contributed by atoms with van der Waals surface area (Å²) in [5, 5.41) is 8.76. The lowest BCUT2D eigenvalue weighted by Crippen LogP contribution is -2.09. The highest BCUT2D eigenvalue weighted by Crippen LogP contribution is 2.19. The van der Waals surface area contributed by atoms with E-state index in [2.05, 4.69) is 0 Å². The zero-order chi connectivity index (χ0) is 11.4. The second kappa shape index (κ2) is 5.07. The Morgan fingerprint density at radius 3 is 2.87 bits per heavy atom. The molecule has 0 atom stereocenters. The van der Waals surface area contributed by atoms with Crippen molar-refractivity contribution in [1.29, 1.82) is 5.26 Å². The summed E-state index contributed by atoms with van der Waals surface area (Å²) in [5.74, 6) is -1.14. The monoisotopic (exact) mass is 319 g/mol. The van der Waals surface area contributed by atoms with Crippen molar-refractivity contribution < 1.29 is 13.9 Å². The predicted molar refractivity (Wildman–Crippen MR) is 59.8 cm³/mol. The lowest BCUT2D eigenvalue weighted by molar-refractivity contribution is 0.0524. The number of benzene rings is 1. The molecule has 78 valence electrons. The Kier molecular flexibility index (Phi) is 4.03. The summed E-state index contributed by atoms with van der Waals surface area (Å²) in [6, 6.07) is 3.98. The maximum Gasteiger partial charge on any atom is 0.340 e. The van der Waals surface area contributed by atoms with Gasteiger partial charge in [-0.05, 0) is 41.6 Å². The Labute approximate surface area is 100.0 Å². The molecule has 0 N–H and O–H groups in total. The number of nitrogens with zero attached hydrogens (tertiary/aromatic N) is 1. The highest BCUT2D eigenvalue weighted by Gasteiger charge is 2.17. The van der Waals surface area contributed by atoms with Crippen LogP contribution >= 0.6 is 22.6 Å². The van der Waals surface area contributed by atoms with Crippen molar-refractivity contribution in [2.24, 2.45) is 0 Å². The van der Waals surface area contributed by atoms with Gasteiger partial charge in [-0.3, -0.25) is 0 Å². The largest absolute Gasteiger partial charge is 0.462 e. The predicted octanol–water partition coefficient (Wildman–Crippen LogP) is 2.48. The molecular formula is C10H7FINO2. The molecule has 0 aliphatic heterocycles.